The lowest BCUT2D eigenvalue weighted by Gasteiger charge is -2.17. The van der Waals surface area contributed by atoms with Crippen molar-refractivity contribution in [3.8, 4) is 0 Å². The largest absolute Gasteiger partial charge is 1.00 e. The van der Waals surface area contributed by atoms with Gasteiger partial charge in [0.1, 0.15) is 19.0 Å². The highest BCUT2D eigenvalue weighted by molar-refractivity contribution is 5.75. The van der Waals surface area contributed by atoms with E-state index in [0.717, 1.165) is 12.8 Å². The summed E-state index contributed by atoms with van der Waals surface area (Å²) in [5, 5.41) is 0. The Bertz CT molecular complexity index is 658. The number of rotatable bonds is 14. The van der Waals surface area contributed by atoms with Crippen molar-refractivity contribution >= 4 is 29.7 Å². The Kier molecular flexibility index (Phi) is 33.6. The molecule has 1 unspecified atom stereocenters. The maximum atomic E-state index is 11.5. The second-order valence-electron chi connectivity index (χ2n) is 6.98. The summed E-state index contributed by atoms with van der Waals surface area (Å²) in [4.78, 5) is 54.1. The molecule has 0 aromatic carbocycles. The highest BCUT2D eigenvalue weighted by Crippen LogP contribution is 2.01. The normalized spacial score (nSPS) is 10.5. The number of ketones is 1. The van der Waals surface area contributed by atoms with Crippen molar-refractivity contribution in [3.05, 3.63) is 24.3 Å². The van der Waals surface area contributed by atoms with Gasteiger partial charge in [-0.3, -0.25) is 19.2 Å². The zero-order chi connectivity index (χ0) is 27.5. The van der Waals surface area contributed by atoms with Gasteiger partial charge in [-0.05, 0) is 19.8 Å². The van der Waals surface area contributed by atoms with Crippen molar-refractivity contribution in [2.24, 2.45) is 0 Å². The molecule has 1 atom stereocenters. The molecule has 0 radical (unpaired) electrons. The molecule has 0 spiro atoms. The van der Waals surface area contributed by atoms with Gasteiger partial charge < -0.3 is 23.7 Å². The van der Waals surface area contributed by atoms with Crippen molar-refractivity contribution in [3.63, 3.8) is 0 Å². The summed E-state index contributed by atoms with van der Waals surface area (Å²) in [5.74, 6) is -1.18. The van der Waals surface area contributed by atoms with Gasteiger partial charge in [-0.2, -0.15) is 0 Å². The SMILES string of the molecule is C.CC/C=C/CC(=O)OC.CC/C=C/CC(=O)OCC(COC(=O)CC)OC(=O)CC.CCC(C)=O.[H+]. The van der Waals surface area contributed by atoms with Crippen LogP contribution in [-0.4, -0.2) is 56.1 Å². The summed E-state index contributed by atoms with van der Waals surface area (Å²) >= 11 is 0. The Morgan fingerprint density at radius 1 is 0.667 bits per heavy atom. The van der Waals surface area contributed by atoms with Crippen LogP contribution in [0, 0.1) is 0 Å². The summed E-state index contributed by atoms with van der Waals surface area (Å²) in [5.41, 5.74) is 0. The Morgan fingerprint density at radius 2 is 1.08 bits per heavy atom. The minimum absolute atomic E-state index is 0. The summed E-state index contributed by atoms with van der Waals surface area (Å²) < 4.78 is 19.4. The second kappa shape index (κ2) is 30.1. The predicted molar refractivity (Wildman–Crippen MR) is 141 cm³/mol. The quantitative estimate of drug-likeness (QED) is 0.169. The van der Waals surface area contributed by atoms with Crippen LogP contribution in [0.2, 0.25) is 0 Å². The summed E-state index contributed by atoms with van der Waals surface area (Å²) in [6.45, 7) is 10.5. The first-order valence-corrected chi connectivity index (χ1v) is 12.0. The van der Waals surface area contributed by atoms with Crippen LogP contribution in [0.1, 0.15) is 95.3 Å². The van der Waals surface area contributed by atoms with E-state index < -0.39 is 24.0 Å². The molecular formula is C27H49O9+. The van der Waals surface area contributed by atoms with Gasteiger partial charge in [-0.1, -0.05) is 66.3 Å². The first-order chi connectivity index (χ1) is 16.6. The average Bonchev–Trinajstić information content (AvgIpc) is 2.86. The zero-order valence-corrected chi connectivity index (χ0v) is 22.4. The molecule has 0 N–H and O–H groups in total. The Morgan fingerprint density at radius 3 is 1.44 bits per heavy atom. The summed E-state index contributed by atoms with van der Waals surface area (Å²) in [6, 6.07) is 0. The minimum Gasteiger partial charge on any atom is -0.469 e. The zero-order valence-electron chi connectivity index (χ0n) is 23.4. The molecule has 0 aromatic heterocycles. The van der Waals surface area contributed by atoms with Crippen molar-refractivity contribution in [2.45, 2.75) is 100 Å². The Hall–Kier alpha value is -2.97. The van der Waals surface area contributed by atoms with E-state index in [4.69, 9.17) is 14.2 Å². The van der Waals surface area contributed by atoms with E-state index in [-0.39, 0.29) is 53.1 Å². The molecule has 0 amide bonds. The smallest absolute Gasteiger partial charge is 0.469 e. The van der Waals surface area contributed by atoms with Crippen LogP contribution in [-0.2, 0) is 42.9 Å². The lowest BCUT2D eigenvalue weighted by molar-refractivity contribution is -0.166. The number of methoxy groups -OCH3 is 1. The third-order valence-electron chi connectivity index (χ3n) is 3.84. The van der Waals surface area contributed by atoms with Crippen LogP contribution in [0.3, 0.4) is 0 Å². The number of ether oxygens (including phenoxy) is 4. The predicted octanol–water partition coefficient (Wildman–Crippen LogP) is 5.41. The third-order valence-corrected chi connectivity index (χ3v) is 3.84. The van der Waals surface area contributed by atoms with Gasteiger partial charge in [-0.25, -0.2) is 0 Å². The average molecular weight is 518 g/mol. The van der Waals surface area contributed by atoms with Gasteiger partial charge in [0.25, 0.3) is 0 Å². The number of hydrogen-bond acceptors (Lipinski definition) is 9. The van der Waals surface area contributed by atoms with E-state index in [9.17, 15) is 24.0 Å². The molecule has 0 aliphatic rings. The van der Waals surface area contributed by atoms with E-state index in [0.29, 0.717) is 12.8 Å². The molecule has 9 nitrogen and oxygen atoms in total. The number of carbonyl (C=O) groups is 5. The molecule has 9 heteroatoms. The van der Waals surface area contributed by atoms with E-state index in [1.54, 1.807) is 26.8 Å². The molecule has 0 rings (SSSR count). The molecule has 0 bridgehead atoms. The standard InChI is InChI=1S/C15H24O6.C7H12O2.C4H8O.CH4/c1-4-7-8-9-15(18)20-11-12(21-14(17)6-3)10-19-13(16)5-2;1-3-4-5-6-7(8)9-2;1-3-4(2)5;/h7-8,12H,4-6,9-11H2,1-3H3;4-5H,3,6H2,1-2H3;3H2,1-2H3;1H4/p+1/b8-7+;5-4+;;. The van der Waals surface area contributed by atoms with Crippen LogP contribution in [0.25, 0.3) is 0 Å². The molecule has 36 heavy (non-hydrogen) atoms. The highest BCUT2D eigenvalue weighted by Gasteiger charge is 2.18. The molecule has 0 saturated heterocycles. The number of allylic oxidation sites excluding steroid dienone is 2. The fraction of sp³-hybridized carbons (Fsp3) is 0.667. The lowest BCUT2D eigenvalue weighted by Crippen LogP contribution is -2.30. The van der Waals surface area contributed by atoms with Crippen LogP contribution >= 0.6 is 0 Å². The molecule has 0 saturated carbocycles. The maximum Gasteiger partial charge on any atom is 1.00 e. The fourth-order valence-electron chi connectivity index (χ4n) is 1.69. The molecule has 0 aromatic rings. The van der Waals surface area contributed by atoms with Crippen LogP contribution in [0.15, 0.2) is 24.3 Å². The molecule has 0 fully saturated rings. The summed E-state index contributed by atoms with van der Waals surface area (Å²) in [6.07, 6.45) is 10.0. The van der Waals surface area contributed by atoms with E-state index in [1.807, 2.05) is 39.0 Å². The molecule has 0 aliphatic carbocycles. The molecular weight excluding hydrogens is 468 g/mol. The van der Waals surface area contributed by atoms with E-state index >= 15 is 0 Å². The molecule has 0 aliphatic heterocycles. The Balaban J connectivity index is -0.000000177. The van der Waals surface area contributed by atoms with Crippen LogP contribution < -0.4 is 0 Å². The van der Waals surface area contributed by atoms with E-state index in [1.165, 1.54) is 7.11 Å². The third kappa shape index (κ3) is 33.2. The Labute approximate surface area is 219 Å². The fourth-order valence-corrected chi connectivity index (χ4v) is 1.69. The van der Waals surface area contributed by atoms with Gasteiger partial charge in [0, 0.05) is 19.3 Å². The number of hydrogen-bond donors (Lipinski definition) is 0. The highest BCUT2D eigenvalue weighted by atomic mass is 16.6. The number of carbonyl (C=O) groups excluding carboxylic acids is 5. The number of esters is 4. The van der Waals surface area contributed by atoms with Gasteiger partial charge in [0.2, 0.25) is 0 Å². The lowest BCUT2D eigenvalue weighted by atomic mass is 10.3. The molecule has 210 valence electrons. The minimum atomic E-state index is -0.771. The summed E-state index contributed by atoms with van der Waals surface area (Å²) in [7, 11) is 1.39. The van der Waals surface area contributed by atoms with Gasteiger partial charge in [0.15, 0.2) is 6.10 Å². The number of Topliss-reactive ketones (excluding diaryl/α,β-unsaturated/α-hetero) is 1. The van der Waals surface area contributed by atoms with E-state index in [2.05, 4.69) is 4.74 Å². The van der Waals surface area contributed by atoms with Crippen LogP contribution in [0.4, 0.5) is 0 Å². The first-order valence-electron chi connectivity index (χ1n) is 12.0. The van der Waals surface area contributed by atoms with Crippen LogP contribution in [0.5, 0.6) is 0 Å². The first kappa shape index (κ1) is 40.2. The monoisotopic (exact) mass is 517 g/mol. The molecule has 0 heterocycles. The van der Waals surface area contributed by atoms with Crippen molar-refractivity contribution in [2.75, 3.05) is 20.3 Å². The van der Waals surface area contributed by atoms with Gasteiger partial charge in [-0.15, -0.1) is 0 Å². The van der Waals surface area contributed by atoms with Crippen molar-refractivity contribution in [1.82, 2.24) is 0 Å². The van der Waals surface area contributed by atoms with Crippen molar-refractivity contribution in [1.29, 1.82) is 0 Å². The van der Waals surface area contributed by atoms with Crippen molar-refractivity contribution < 1.29 is 44.3 Å². The van der Waals surface area contributed by atoms with Gasteiger partial charge in [0.05, 0.1) is 20.0 Å². The maximum absolute atomic E-state index is 11.5. The van der Waals surface area contributed by atoms with Gasteiger partial charge >= 0.3 is 25.3 Å². The topological polar surface area (TPSA) is 122 Å². The second-order valence-corrected chi connectivity index (χ2v) is 6.98.